The molecular formula is C22H20Cl2O3. The van der Waals surface area contributed by atoms with Crippen LogP contribution in [0.1, 0.15) is 30.4 Å². The van der Waals surface area contributed by atoms with Gasteiger partial charge in [0, 0.05) is 6.42 Å². The maximum absolute atomic E-state index is 12.9. The maximum atomic E-state index is 12.9. The van der Waals surface area contributed by atoms with Gasteiger partial charge in [-0.2, -0.15) is 0 Å². The Labute approximate surface area is 168 Å². The Balaban J connectivity index is 1.38. The second-order valence-electron chi connectivity index (χ2n) is 7.04. The van der Waals surface area contributed by atoms with E-state index >= 15 is 0 Å². The van der Waals surface area contributed by atoms with Crippen molar-refractivity contribution < 1.29 is 14.3 Å². The molecule has 27 heavy (non-hydrogen) atoms. The number of Topliss-reactive ketones (excluding diaryl/α,β-unsaturated/α-hetero) is 1. The summed E-state index contributed by atoms with van der Waals surface area (Å²) in [5.41, 5.74) is 2.57. The number of ether oxygens (including phenoxy) is 2. The SMILES string of the molecule is O=C1C(c2ccccc2)=COC2CC(OCc3ccc(Cl)c(Cl)c3)CCC12. The zero-order chi connectivity index (χ0) is 18.8. The molecule has 2 aromatic carbocycles. The second-order valence-corrected chi connectivity index (χ2v) is 7.85. The summed E-state index contributed by atoms with van der Waals surface area (Å²) in [4.78, 5) is 12.9. The Morgan fingerprint density at radius 1 is 1.04 bits per heavy atom. The Hall–Kier alpha value is -1.81. The number of allylic oxidation sites excluding steroid dienone is 1. The Morgan fingerprint density at radius 2 is 1.85 bits per heavy atom. The van der Waals surface area contributed by atoms with Crippen LogP contribution in [0.5, 0.6) is 0 Å². The zero-order valence-electron chi connectivity index (χ0n) is 14.7. The number of fused-ring (bicyclic) bond motifs is 1. The molecule has 3 atom stereocenters. The fourth-order valence-corrected chi connectivity index (χ4v) is 4.10. The second kappa shape index (κ2) is 8.05. The average Bonchev–Trinajstić information content (AvgIpc) is 2.70. The lowest BCUT2D eigenvalue weighted by Gasteiger charge is -2.37. The molecule has 1 saturated carbocycles. The molecule has 1 aliphatic carbocycles. The van der Waals surface area contributed by atoms with Crippen molar-refractivity contribution in [2.24, 2.45) is 5.92 Å². The minimum Gasteiger partial charge on any atom is -0.496 e. The third-order valence-corrected chi connectivity index (χ3v) is 6.00. The first kappa shape index (κ1) is 18.5. The number of benzene rings is 2. The van der Waals surface area contributed by atoms with Gasteiger partial charge in [-0.25, -0.2) is 0 Å². The van der Waals surface area contributed by atoms with E-state index in [9.17, 15) is 4.79 Å². The predicted octanol–water partition coefficient (Wildman–Crippen LogP) is 5.69. The highest BCUT2D eigenvalue weighted by Gasteiger charge is 2.40. The zero-order valence-corrected chi connectivity index (χ0v) is 16.2. The Morgan fingerprint density at radius 3 is 2.63 bits per heavy atom. The molecule has 2 aliphatic rings. The minimum absolute atomic E-state index is 0.0696. The van der Waals surface area contributed by atoms with Crippen LogP contribution in [0.2, 0.25) is 10.0 Å². The van der Waals surface area contributed by atoms with Gasteiger partial charge >= 0.3 is 0 Å². The van der Waals surface area contributed by atoms with Crippen molar-refractivity contribution in [3.8, 4) is 0 Å². The first-order valence-electron chi connectivity index (χ1n) is 9.12. The topological polar surface area (TPSA) is 35.5 Å². The number of hydrogen-bond acceptors (Lipinski definition) is 3. The normalized spacial score (nSPS) is 24.7. The van der Waals surface area contributed by atoms with Gasteiger partial charge < -0.3 is 9.47 Å². The van der Waals surface area contributed by atoms with Crippen molar-refractivity contribution in [3.05, 3.63) is 76.0 Å². The molecule has 0 spiro atoms. The van der Waals surface area contributed by atoms with Gasteiger partial charge in [0.2, 0.25) is 0 Å². The van der Waals surface area contributed by atoms with Crippen LogP contribution in [0.15, 0.2) is 54.8 Å². The van der Waals surface area contributed by atoms with Crippen LogP contribution in [-0.4, -0.2) is 18.0 Å². The van der Waals surface area contributed by atoms with E-state index in [0.29, 0.717) is 22.2 Å². The number of halogens is 2. The van der Waals surface area contributed by atoms with Gasteiger partial charge in [0.15, 0.2) is 5.78 Å². The van der Waals surface area contributed by atoms with Crippen LogP contribution in [0, 0.1) is 5.92 Å². The van der Waals surface area contributed by atoms with E-state index in [1.165, 1.54) is 0 Å². The van der Waals surface area contributed by atoms with E-state index in [1.807, 2.05) is 42.5 Å². The molecule has 1 fully saturated rings. The average molecular weight is 403 g/mol. The van der Waals surface area contributed by atoms with E-state index in [1.54, 1.807) is 12.3 Å². The van der Waals surface area contributed by atoms with Gasteiger partial charge in [0.1, 0.15) is 6.10 Å². The van der Waals surface area contributed by atoms with Gasteiger partial charge in [-0.15, -0.1) is 0 Å². The molecule has 5 heteroatoms. The first-order chi connectivity index (χ1) is 13.1. The number of hydrogen-bond donors (Lipinski definition) is 0. The van der Waals surface area contributed by atoms with E-state index in [0.717, 1.165) is 30.4 Å². The first-order valence-corrected chi connectivity index (χ1v) is 9.88. The monoisotopic (exact) mass is 402 g/mol. The van der Waals surface area contributed by atoms with Crippen LogP contribution < -0.4 is 0 Å². The molecule has 3 nitrogen and oxygen atoms in total. The quantitative estimate of drug-likeness (QED) is 0.658. The van der Waals surface area contributed by atoms with Crippen LogP contribution in [0.4, 0.5) is 0 Å². The molecule has 0 amide bonds. The number of carbonyl (C=O) groups excluding carboxylic acids is 1. The van der Waals surface area contributed by atoms with Crippen LogP contribution in [0.25, 0.3) is 5.57 Å². The molecule has 0 bridgehead atoms. The van der Waals surface area contributed by atoms with Crippen LogP contribution in [-0.2, 0) is 20.9 Å². The summed E-state index contributed by atoms with van der Waals surface area (Å²) in [6.07, 6.45) is 3.92. The molecule has 3 unspecified atom stereocenters. The standard InChI is InChI=1S/C22H20Cl2O3/c23-19-9-6-14(10-20(19)24)12-26-16-7-8-17-21(11-16)27-13-18(22(17)25)15-4-2-1-3-5-15/h1-6,9-10,13,16-17,21H,7-8,11-12H2. The summed E-state index contributed by atoms with van der Waals surface area (Å²) in [6, 6.07) is 15.2. The summed E-state index contributed by atoms with van der Waals surface area (Å²) in [6.45, 7) is 0.470. The van der Waals surface area contributed by atoms with Crippen molar-refractivity contribution >= 4 is 34.6 Å². The fourth-order valence-electron chi connectivity index (χ4n) is 3.78. The van der Waals surface area contributed by atoms with E-state index in [2.05, 4.69) is 0 Å². The summed E-state index contributed by atoms with van der Waals surface area (Å²) in [7, 11) is 0. The minimum atomic E-state index is -0.113. The third kappa shape index (κ3) is 4.06. The smallest absolute Gasteiger partial charge is 0.173 e. The van der Waals surface area contributed by atoms with E-state index < -0.39 is 0 Å². The molecule has 4 rings (SSSR count). The van der Waals surface area contributed by atoms with Crippen molar-refractivity contribution in [1.82, 2.24) is 0 Å². The lowest BCUT2D eigenvalue weighted by molar-refractivity contribution is -0.128. The number of rotatable bonds is 4. The van der Waals surface area contributed by atoms with Crippen molar-refractivity contribution in [3.63, 3.8) is 0 Å². The highest BCUT2D eigenvalue weighted by Crippen LogP contribution is 2.37. The van der Waals surface area contributed by atoms with Crippen molar-refractivity contribution in [2.45, 2.75) is 38.1 Å². The highest BCUT2D eigenvalue weighted by molar-refractivity contribution is 6.42. The van der Waals surface area contributed by atoms with Crippen LogP contribution in [0.3, 0.4) is 0 Å². The summed E-state index contributed by atoms with van der Waals surface area (Å²) in [5.74, 6) is 0.0930. The molecule has 0 radical (unpaired) electrons. The predicted molar refractivity (Wildman–Crippen MR) is 107 cm³/mol. The molecule has 0 aromatic heterocycles. The van der Waals surface area contributed by atoms with Crippen LogP contribution >= 0.6 is 23.2 Å². The Bertz CT molecular complexity index is 863. The molecule has 0 saturated heterocycles. The molecule has 0 N–H and O–H groups in total. The fraction of sp³-hybridized carbons (Fsp3) is 0.318. The lowest BCUT2D eigenvalue weighted by atomic mass is 9.78. The van der Waals surface area contributed by atoms with Crippen molar-refractivity contribution in [2.75, 3.05) is 0 Å². The lowest BCUT2D eigenvalue weighted by Crippen LogP contribution is -2.41. The van der Waals surface area contributed by atoms with E-state index in [-0.39, 0.29) is 23.9 Å². The largest absolute Gasteiger partial charge is 0.496 e. The Kier molecular flexibility index (Phi) is 5.53. The molecule has 2 aromatic rings. The number of ketones is 1. The highest BCUT2D eigenvalue weighted by atomic mass is 35.5. The maximum Gasteiger partial charge on any atom is 0.173 e. The summed E-state index contributed by atoms with van der Waals surface area (Å²) >= 11 is 12.0. The molecular weight excluding hydrogens is 383 g/mol. The molecule has 1 aliphatic heterocycles. The molecule has 140 valence electrons. The van der Waals surface area contributed by atoms with Gasteiger partial charge in [0.05, 0.1) is 40.5 Å². The van der Waals surface area contributed by atoms with Gasteiger partial charge in [0.25, 0.3) is 0 Å². The number of carbonyl (C=O) groups is 1. The van der Waals surface area contributed by atoms with Gasteiger partial charge in [-0.3, -0.25) is 4.79 Å². The third-order valence-electron chi connectivity index (χ3n) is 5.26. The van der Waals surface area contributed by atoms with E-state index in [4.69, 9.17) is 32.7 Å². The van der Waals surface area contributed by atoms with Crippen molar-refractivity contribution in [1.29, 1.82) is 0 Å². The summed E-state index contributed by atoms with van der Waals surface area (Å²) in [5, 5.41) is 1.07. The van der Waals surface area contributed by atoms with Gasteiger partial charge in [-0.05, 0) is 36.1 Å². The van der Waals surface area contributed by atoms with Gasteiger partial charge in [-0.1, -0.05) is 59.6 Å². The summed E-state index contributed by atoms with van der Waals surface area (Å²) < 4.78 is 12.0. The molecule has 1 heterocycles.